The van der Waals surface area contributed by atoms with Crippen molar-refractivity contribution >= 4 is 13.7 Å². The highest BCUT2D eigenvalue weighted by molar-refractivity contribution is 7.52. The molecule has 1 aliphatic heterocycles. The molecule has 1 aromatic heterocycles. The Hall–Kier alpha value is -3.41. The van der Waals surface area contributed by atoms with Crippen LogP contribution in [0, 0.1) is 6.92 Å². The fourth-order valence-electron chi connectivity index (χ4n) is 3.37. The normalized spacial score (nSPS) is 22.0. The van der Waals surface area contributed by atoms with E-state index in [2.05, 4.69) is 24.8 Å². The second kappa shape index (κ2) is 11.3. The highest BCUT2D eigenvalue weighted by atomic mass is 31.2. The standard InChI is InChI=1S/C20H25N6O8P/c1-12-10-26(20(29)22-18(12)27)17-9-15(23-25-21)16(33-17)11-32-35(30,24-13(2)19(28)31-3)34-14-7-5-4-6-8-14/h4-8,10,13,15-17H,9,11H2,1-3H3,(H,24,30)(H,22,27,29)/t13-,15?,16-,17-,35?/m1/s1. The Morgan fingerprint density at radius 3 is 2.77 bits per heavy atom. The van der Waals surface area contributed by atoms with Crippen LogP contribution in [0.2, 0.25) is 0 Å². The van der Waals surface area contributed by atoms with Gasteiger partial charge in [-0.25, -0.2) is 9.36 Å². The molecule has 188 valence electrons. The Kier molecular flexibility index (Phi) is 8.49. The zero-order valence-electron chi connectivity index (χ0n) is 19.2. The Bertz CT molecular complexity index is 1260. The van der Waals surface area contributed by atoms with Crippen molar-refractivity contribution in [1.29, 1.82) is 0 Å². The summed E-state index contributed by atoms with van der Waals surface area (Å²) in [4.78, 5) is 40.8. The third kappa shape index (κ3) is 6.59. The maximum absolute atomic E-state index is 13.5. The summed E-state index contributed by atoms with van der Waals surface area (Å²) in [5, 5.41) is 6.21. The van der Waals surface area contributed by atoms with E-state index in [1.54, 1.807) is 30.3 Å². The Morgan fingerprint density at radius 1 is 1.40 bits per heavy atom. The van der Waals surface area contributed by atoms with Crippen LogP contribution in [-0.4, -0.2) is 47.4 Å². The third-order valence-electron chi connectivity index (χ3n) is 5.14. The molecule has 1 fully saturated rings. The molecule has 0 saturated carbocycles. The average Bonchev–Trinajstić information content (AvgIpc) is 3.23. The number of aromatic nitrogens is 2. The van der Waals surface area contributed by atoms with Crippen LogP contribution in [0.25, 0.3) is 10.4 Å². The van der Waals surface area contributed by atoms with Gasteiger partial charge in [-0.3, -0.25) is 23.7 Å². The summed E-state index contributed by atoms with van der Waals surface area (Å²) in [7, 11) is -2.98. The number of carbonyl (C=O) groups is 1. The second-order valence-corrected chi connectivity index (χ2v) is 9.38. The average molecular weight is 508 g/mol. The Morgan fingerprint density at radius 2 is 2.11 bits per heavy atom. The number of H-pyrrole nitrogens is 1. The van der Waals surface area contributed by atoms with Crippen molar-refractivity contribution in [3.8, 4) is 5.75 Å². The van der Waals surface area contributed by atoms with Crippen LogP contribution in [0.4, 0.5) is 0 Å². The predicted octanol–water partition coefficient (Wildman–Crippen LogP) is 2.17. The number of nitrogens with one attached hydrogen (secondary N) is 2. The van der Waals surface area contributed by atoms with Crippen LogP contribution >= 0.6 is 7.75 Å². The first kappa shape index (κ1) is 26.2. The summed E-state index contributed by atoms with van der Waals surface area (Å²) in [5.41, 5.74) is 8.03. The van der Waals surface area contributed by atoms with Crippen LogP contribution < -0.4 is 20.9 Å². The van der Waals surface area contributed by atoms with E-state index < -0.39 is 49.4 Å². The van der Waals surface area contributed by atoms with Crippen molar-refractivity contribution in [2.75, 3.05) is 13.7 Å². The predicted molar refractivity (Wildman–Crippen MR) is 123 cm³/mol. The molecule has 1 saturated heterocycles. The number of azide groups is 1. The SMILES string of the molecule is COC(=O)[C@@H](C)NP(=O)(OC[C@H]1O[C@@H](n2cc(C)c(=O)[nH]c2=O)CC1N=[N+]=[N-])Oc1ccccc1. The first-order chi connectivity index (χ1) is 16.7. The smallest absolute Gasteiger partial charge is 0.459 e. The molecule has 0 amide bonds. The molecule has 3 rings (SSSR count). The van der Waals surface area contributed by atoms with Gasteiger partial charge in [-0.15, -0.1) is 0 Å². The Balaban J connectivity index is 1.81. The molecule has 2 heterocycles. The summed E-state index contributed by atoms with van der Waals surface area (Å²) in [6.07, 6.45) is -0.360. The largest absolute Gasteiger partial charge is 0.468 e. The Labute approximate surface area is 199 Å². The fourth-order valence-corrected chi connectivity index (χ4v) is 4.87. The lowest BCUT2D eigenvalue weighted by Crippen LogP contribution is -2.36. The molecule has 1 aliphatic rings. The quantitative estimate of drug-likeness (QED) is 0.159. The molecule has 0 bridgehead atoms. The maximum atomic E-state index is 13.5. The van der Waals surface area contributed by atoms with Crippen LogP contribution in [-0.2, 0) is 23.4 Å². The van der Waals surface area contributed by atoms with Gasteiger partial charge in [0, 0.05) is 23.1 Å². The molecule has 2 N–H and O–H groups in total. The molecule has 1 aromatic carbocycles. The van der Waals surface area contributed by atoms with Gasteiger partial charge in [0.2, 0.25) is 0 Å². The van der Waals surface area contributed by atoms with Crippen LogP contribution in [0.3, 0.4) is 0 Å². The number of rotatable bonds is 10. The molecule has 2 aromatic rings. The minimum Gasteiger partial charge on any atom is -0.468 e. The van der Waals surface area contributed by atoms with Crippen molar-refractivity contribution < 1.29 is 27.9 Å². The molecule has 15 heteroatoms. The summed E-state index contributed by atoms with van der Waals surface area (Å²) in [6, 6.07) is 6.34. The molecular weight excluding hydrogens is 483 g/mol. The fraction of sp³-hybridized carbons (Fsp3) is 0.450. The van der Waals surface area contributed by atoms with Crippen LogP contribution in [0.1, 0.15) is 25.1 Å². The number of carbonyl (C=O) groups excluding carboxylic acids is 1. The molecule has 5 atom stereocenters. The summed E-state index contributed by atoms with van der Waals surface area (Å²) < 4.78 is 36.3. The van der Waals surface area contributed by atoms with Gasteiger partial charge in [-0.05, 0) is 31.5 Å². The molecule has 2 unspecified atom stereocenters. The second-order valence-electron chi connectivity index (χ2n) is 7.69. The van der Waals surface area contributed by atoms with E-state index >= 15 is 0 Å². The minimum atomic E-state index is -4.16. The van der Waals surface area contributed by atoms with E-state index in [0.29, 0.717) is 0 Å². The highest BCUT2D eigenvalue weighted by Gasteiger charge is 2.40. The summed E-state index contributed by atoms with van der Waals surface area (Å²) in [6.45, 7) is 2.58. The van der Waals surface area contributed by atoms with Crippen molar-refractivity contribution in [2.24, 2.45) is 5.11 Å². The van der Waals surface area contributed by atoms with E-state index in [-0.39, 0.29) is 24.3 Å². The van der Waals surface area contributed by atoms with Crippen molar-refractivity contribution in [2.45, 2.75) is 44.7 Å². The van der Waals surface area contributed by atoms with Gasteiger partial charge in [0.1, 0.15) is 18.0 Å². The van der Waals surface area contributed by atoms with Gasteiger partial charge in [0.15, 0.2) is 0 Å². The highest BCUT2D eigenvalue weighted by Crippen LogP contribution is 2.46. The van der Waals surface area contributed by atoms with Gasteiger partial charge in [-0.2, -0.15) is 5.09 Å². The first-order valence-electron chi connectivity index (χ1n) is 10.5. The number of hydrogen-bond acceptors (Lipinski definition) is 9. The number of ether oxygens (including phenoxy) is 2. The van der Waals surface area contributed by atoms with Gasteiger partial charge in [-0.1, -0.05) is 23.3 Å². The maximum Gasteiger partial charge on any atom is 0.459 e. The van der Waals surface area contributed by atoms with Gasteiger partial charge in [0.25, 0.3) is 5.56 Å². The number of nitrogens with zero attached hydrogens (tertiary/aromatic N) is 4. The number of para-hydroxylation sites is 1. The topological polar surface area (TPSA) is 187 Å². The zero-order chi connectivity index (χ0) is 25.6. The van der Waals surface area contributed by atoms with Crippen molar-refractivity contribution in [3.63, 3.8) is 0 Å². The monoisotopic (exact) mass is 508 g/mol. The number of aromatic amines is 1. The minimum absolute atomic E-state index is 0.0965. The molecule has 0 spiro atoms. The van der Waals surface area contributed by atoms with Crippen molar-refractivity contribution in [3.05, 3.63) is 73.4 Å². The summed E-state index contributed by atoms with van der Waals surface area (Å²) in [5.74, 6) is -0.477. The number of benzene rings is 1. The van der Waals surface area contributed by atoms with Crippen LogP contribution in [0.5, 0.6) is 5.75 Å². The van der Waals surface area contributed by atoms with Gasteiger partial charge < -0.3 is 14.0 Å². The molecular formula is C20H25N6O8P. The molecule has 14 nitrogen and oxygen atoms in total. The number of hydrogen-bond donors (Lipinski definition) is 2. The lowest BCUT2D eigenvalue weighted by atomic mass is 10.1. The number of esters is 1. The van der Waals surface area contributed by atoms with Crippen LogP contribution in [0.15, 0.2) is 51.2 Å². The third-order valence-corrected chi connectivity index (χ3v) is 6.79. The van der Waals surface area contributed by atoms with E-state index in [9.17, 15) is 18.9 Å². The lowest BCUT2D eigenvalue weighted by molar-refractivity contribution is -0.142. The molecule has 0 radical (unpaired) electrons. The lowest BCUT2D eigenvalue weighted by Gasteiger charge is -2.24. The van der Waals surface area contributed by atoms with Crippen molar-refractivity contribution in [1.82, 2.24) is 14.6 Å². The number of methoxy groups -OCH3 is 1. The first-order valence-corrected chi connectivity index (χ1v) is 12.1. The molecule has 0 aliphatic carbocycles. The van der Waals surface area contributed by atoms with Gasteiger partial charge in [0.05, 0.1) is 25.9 Å². The van der Waals surface area contributed by atoms with E-state index in [0.717, 1.165) is 0 Å². The number of aryl methyl sites for hydroxylation is 1. The van der Waals surface area contributed by atoms with Gasteiger partial charge >= 0.3 is 19.4 Å². The molecule has 35 heavy (non-hydrogen) atoms. The summed E-state index contributed by atoms with van der Waals surface area (Å²) >= 11 is 0. The van der Waals surface area contributed by atoms with E-state index in [1.165, 1.54) is 31.7 Å². The van der Waals surface area contributed by atoms with E-state index in [1.807, 2.05) is 0 Å². The zero-order valence-corrected chi connectivity index (χ0v) is 20.1. The van der Waals surface area contributed by atoms with E-state index in [4.69, 9.17) is 19.3 Å².